The van der Waals surface area contributed by atoms with Crippen LogP contribution in [0.5, 0.6) is 11.5 Å². The maximum Gasteiger partial charge on any atom is 0.411 e. The van der Waals surface area contributed by atoms with Gasteiger partial charge in [0.05, 0.1) is 20.3 Å². The molecule has 0 heterocycles. The van der Waals surface area contributed by atoms with Gasteiger partial charge in [-0.2, -0.15) is 0 Å². The predicted molar refractivity (Wildman–Crippen MR) is 67.6 cm³/mol. The van der Waals surface area contributed by atoms with Gasteiger partial charge in [-0.05, 0) is 12.1 Å². The number of carbonyl (C=O) groups excluding carboxylic acids is 1. The van der Waals surface area contributed by atoms with E-state index in [9.17, 15) is 4.79 Å². The highest BCUT2D eigenvalue weighted by Crippen LogP contribution is 2.30. The van der Waals surface area contributed by atoms with Crippen molar-refractivity contribution in [2.24, 2.45) is 0 Å². The molecule has 0 bridgehead atoms. The number of carbonyl (C=O) groups is 1. The third kappa shape index (κ3) is 5.02. The Hall–Kier alpha value is -1.99. The number of ether oxygens (including phenoxy) is 3. The Balaban J connectivity index is 2.71. The van der Waals surface area contributed by atoms with Crippen molar-refractivity contribution >= 4 is 11.8 Å². The van der Waals surface area contributed by atoms with Gasteiger partial charge in [-0.25, -0.2) is 4.79 Å². The summed E-state index contributed by atoms with van der Waals surface area (Å²) in [6, 6.07) is 4.79. The van der Waals surface area contributed by atoms with Crippen LogP contribution in [-0.2, 0) is 4.74 Å². The highest BCUT2D eigenvalue weighted by atomic mass is 16.6. The van der Waals surface area contributed by atoms with Crippen molar-refractivity contribution in [2.75, 3.05) is 38.9 Å². The van der Waals surface area contributed by atoms with E-state index >= 15 is 0 Å². The average molecular weight is 271 g/mol. The lowest BCUT2D eigenvalue weighted by Crippen LogP contribution is -2.15. The molecule has 0 atom stereocenters. The average Bonchev–Trinajstić information content (AvgIpc) is 2.43. The number of benzene rings is 1. The molecule has 0 radical (unpaired) electrons. The summed E-state index contributed by atoms with van der Waals surface area (Å²) in [5, 5.41) is 19.7. The molecule has 0 unspecified atom stereocenters. The fourth-order valence-corrected chi connectivity index (χ4v) is 1.32. The maximum atomic E-state index is 11.3. The summed E-state index contributed by atoms with van der Waals surface area (Å²) in [4.78, 5) is 11.3. The number of hydrogen-bond acceptors (Lipinski definition) is 6. The summed E-state index contributed by atoms with van der Waals surface area (Å²) >= 11 is 0. The number of amides is 1. The zero-order valence-corrected chi connectivity index (χ0v) is 10.6. The van der Waals surface area contributed by atoms with E-state index in [1.807, 2.05) is 0 Å². The van der Waals surface area contributed by atoms with Gasteiger partial charge in [0.25, 0.3) is 0 Å². The molecule has 0 aromatic heterocycles. The van der Waals surface area contributed by atoms with Gasteiger partial charge >= 0.3 is 6.09 Å². The first-order valence-corrected chi connectivity index (χ1v) is 5.67. The fourth-order valence-electron chi connectivity index (χ4n) is 1.32. The molecule has 0 aliphatic rings. The Labute approximate surface area is 110 Å². The third-order valence-electron chi connectivity index (χ3n) is 2.08. The van der Waals surface area contributed by atoms with Crippen molar-refractivity contribution in [3.8, 4) is 11.5 Å². The van der Waals surface area contributed by atoms with E-state index in [0.717, 1.165) is 0 Å². The Morgan fingerprint density at radius 2 is 1.95 bits per heavy atom. The second-order valence-electron chi connectivity index (χ2n) is 3.42. The third-order valence-corrected chi connectivity index (χ3v) is 2.08. The van der Waals surface area contributed by atoms with Gasteiger partial charge in [-0.1, -0.05) is 0 Å². The molecule has 0 aliphatic carbocycles. The molecule has 7 nitrogen and oxygen atoms in total. The van der Waals surface area contributed by atoms with Crippen LogP contribution in [0.25, 0.3) is 0 Å². The van der Waals surface area contributed by atoms with Gasteiger partial charge in [0.15, 0.2) is 11.5 Å². The smallest absolute Gasteiger partial charge is 0.411 e. The number of aliphatic hydroxyl groups excluding tert-OH is 2. The zero-order chi connectivity index (χ0) is 14.1. The summed E-state index contributed by atoms with van der Waals surface area (Å²) in [6.07, 6.45) is -0.674. The summed E-state index contributed by atoms with van der Waals surface area (Å²) in [6.45, 7) is -0.315. The first-order valence-electron chi connectivity index (χ1n) is 5.67. The van der Waals surface area contributed by atoms with Gasteiger partial charge in [0.2, 0.25) is 0 Å². The van der Waals surface area contributed by atoms with Crippen LogP contribution in [-0.4, -0.2) is 49.8 Å². The zero-order valence-electron chi connectivity index (χ0n) is 10.6. The fraction of sp³-hybridized carbons (Fsp3) is 0.417. The molecular formula is C12H17NO6. The van der Waals surface area contributed by atoms with Crippen LogP contribution in [0.1, 0.15) is 0 Å². The second kappa shape index (κ2) is 8.17. The lowest BCUT2D eigenvalue weighted by atomic mass is 10.3. The van der Waals surface area contributed by atoms with Crippen LogP contribution >= 0.6 is 0 Å². The second-order valence-corrected chi connectivity index (χ2v) is 3.42. The number of methoxy groups -OCH3 is 1. The first kappa shape index (κ1) is 15.1. The topological polar surface area (TPSA) is 97.3 Å². The summed E-state index contributed by atoms with van der Waals surface area (Å²) < 4.78 is 15.0. The number of nitrogens with one attached hydrogen (secondary N) is 1. The molecule has 106 valence electrons. The van der Waals surface area contributed by atoms with Crippen LogP contribution in [0, 0.1) is 0 Å². The SMILES string of the molecule is COc1ccc(NC(=O)OCCO)cc1OCCO. The molecule has 19 heavy (non-hydrogen) atoms. The number of rotatable bonds is 7. The Morgan fingerprint density at radius 3 is 2.58 bits per heavy atom. The Bertz CT molecular complexity index is 409. The minimum absolute atomic E-state index is 0.0736. The molecule has 0 aliphatic heterocycles. The van der Waals surface area contributed by atoms with Crippen LogP contribution < -0.4 is 14.8 Å². The molecule has 1 aromatic carbocycles. The van der Waals surface area contributed by atoms with Crippen LogP contribution in [0.15, 0.2) is 18.2 Å². The van der Waals surface area contributed by atoms with Gasteiger partial charge in [-0.3, -0.25) is 5.32 Å². The lowest BCUT2D eigenvalue weighted by Gasteiger charge is -2.12. The monoisotopic (exact) mass is 271 g/mol. The van der Waals surface area contributed by atoms with E-state index in [2.05, 4.69) is 10.1 Å². The molecule has 1 amide bonds. The molecule has 7 heteroatoms. The van der Waals surface area contributed by atoms with Crippen LogP contribution in [0.3, 0.4) is 0 Å². The van der Waals surface area contributed by atoms with Crippen molar-refractivity contribution < 1.29 is 29.2 Å². The molecule has 0 saturated heterocycles. The van der Waals surface area contributed by atoms with E-state index < -0.39 is 6.09 Å². The van der Waals surface area contributed by atoms with Crippen molar-refractivity contribution in [2.45, 2.75) is 0 Å². The molecular weight excluding hydrogens is 254 g/mol. The molecule has 1 aromatic rings. The lowest BCUT2D eigenvalue weighted by molar-refractivity contribution is 0.131. The molecule has 3 N–H and O–H groups in total. The van der Waals surface area contributed by atoms with E-state index in [0.29, 0.717) is 17.2 Å². The normalized spacial score (nSPS) is 9.84. The van der Waals surface area contributed by atoms with Gasteiger partial charge < -0.3 is 24.4 Å². The van der Waals surface area contributed by atoms with Crippen molar-refractivity contribution in [3.63, 3.8) is 0 Å². The number of hydrogen-bond donors (Lipinski definition) is 3. The Morgan fingerprint density at radius 1 is 1.21 bits per heavy atom. The number of anilines is 1. The van der Waals surface area contributed by atoms with Gasteiger partial charge in [-0.15, -0.1) is 0 Å². The quantitative estimate of drug-likeness (QED) is 0.672. The standard InChI is InChI=1S/C12H17NO6/c1-17-10-3-2-9(8-11(10)18-6-4-14)13-12(16)19-7-5-15/h2-3,8,14-15H,4-7H2,1H3,(H,13,16). The first-order chi connectivity index (χ1) is 9.21. The van der Waals surface area contributed by atoms with Crippen molar-refractivity contribution in [1.29, 1.82) is 0 Å². The highest BCUT2D eigenvalue weighted by Gasteiger charge is 2.08. The maximum absolute atomic E-state index is 11.3. The summed E-state index contributed by atoms with van der Waals surface area (Å²) in [5.74, 6) is 0.888. The van der Waals surface area contributed by atoms with Gasteiger partial charge in [0.1, 0.15) is 13.2 Å². The molecule has 0 saturated carbocycles. The minimum Gasteiger partial charge on any atom is -0.493 e. The van der Waals surface area contributed by atoms with Gasteiger partial charge in [0, 0.05) is 11.8 Å². The largest absolute Gasteiger partial charge is 0.493 e. The number of aliphatic hydroxyl groups is 2. The van der Waals surface area contributed by atoms with E-state index in [1.165, 1.54) is 7.11 Å². The minimum atomic E-state index is -0.674. The predicted octanol–water partition coefficient (Wildman–Crippen LogP) is 0.607. The van der Waals surface area contributed by atoms with E-state index in [-0.39, 0.29) is 26.4 Å². The molecule has 0 spiro atoms. The van der Waals surface area contributed by atoms with Crippen LogP contribution in [0.4, 0.5) is 10.5 Å². The molecule has 1 rings (SSSR count). The van der Waals surface area contributed by atoms with Crippen molar-refractivity contribution in [1.82, 2.24) is 0 Å². The van der Waals surface area contributed by atoms with E-state index in [4.69, 9.17) is 19.7 Å². The summed E-state index contributed by atoms with van der Waals surface area (Å²) in [7, 11) is 1.49. The summed E-state index contributed by atoms with van der Waals surface area (Å²) in [5.41, 5.74) is 0.455. The van der Waals surface area contributed by atoms with E-state index in [1.54, 1.807) is 18.2 Å². The van der Waals surface area contributed by atoms with Crippen molar-refractivity contribution in [3.05, 3.63) is 18.2 Å². The highest BCUT2D eigenvalue weighted by molar-refractivity contribution is 5.85. The molecule has 0 fully saturated rings. The van der Waals surface area contributed by atoms with Crippen LogP contribution in [0.2, 0.25) is 0 Å². The Kier molecular flexibility index (Phi) is 6.48.